The summed E-state index contributed by atoms with van der Waals surface area (Å²) in [5, 5.41) is 13.5. The van der Waals surface area contributed by atoms with Gasteiger partial charge in [0.15, 0.2) is 0 Å². The Balaban J connectivity index is 1.40. The molecule has 0 bridgehead atoms. The first kappa shape index (κ1) is 13.9. The maximum atomic E-state index is 9.81. The van der Waals surface area contributed by atoms with Crippen LogP contribution in [0.4, 0.5) is 0 Å². The molecule has 114 valence electrons. The van der Waals surface area contributed by atoms with Crippen molar-refractivity contribution in [1.29, 1.82) is 0 Å². The zero-order valence-corrected chi connectivity index (χ0v) is 12.7. The van der Waals surface area contributed by atoms with E-state index in [1.807, 2.05) is 18.5 Å². The van der Waals surface area contributed by atoms with Crippen molar-refractivity contribution in [3.05, 3.63) is 66.0 Å². The molecular formula is C19H22N2O. The molecule has 2 N–H and O–H groups in total. The van der Waals surface area contributed by atoms with Gasteiger partial charge in [-0.15, -0.1) is 0 Å². The molecule has 0 radical (unpaired) electrons. The van der Waals surface area contributed by atoms with Crippen LogP contribution in [-0.2, 0) is 5.41 Å². The summed E-state index contributed by atoms with van der Waals surface area (Å²) in [4.78, 5) is 4.25. The predicted octanol–water partition coefficient (Wildman–Crippen LogP) is 2.62. The lowest BCUT2D eigenvalue weighted by Gasteiger charge is -2.46. The number of nitrogens with one attached hydrogen (secondary N) is 1. The van der Waals surface area contributed by atoms with Gasteiger partial charge < -0.3 is 10.4 Å². The molecular weight excluding hydrogens is 272 g/mol. The SMILES string of the molecule is OC1CC(CN[C@H]2C[C@@H]2c2ccccc2)(c2cccnc2)C1. The van der Waals surface area contributed by atoms with Crippen molar-refractivity contribution in [3.63, 3.8) is 0 Å². The Morgan fingerprint density at radius 2 is 1.95 bits per heavy atom. The molecule has 2 saturated carbocycles. The Morgan fingerprint density at radius 3 is 2.64 bits per heavy atom. The number of aromatic nitrogens is 1. The summed E-state index contributed by atoms with van der Waals surface area (Å²) >= 11 is 0. The molecule has 22 heavy (non-hydrogen) atoms. The zero-order valence-electron chi connectivity index (χ0n) is 12.7. The van der Waals surface area contributed by atoms with Crippen molar-refractivity contribution in [2.75, 3.05) is 6.54 Å². The van der Waals surface area contributed by atoms with Gasteiger partial charge in [-0.3, -0.25) is 4.98 Å². The molecule has 2 aliphatic rings. The molecule has 0 spiro atoms. The molecule has 4 rings (SSSR count). The fourth-order valence-electron chi connectivity index (χ4n) is 3.82. The highest BCUT2D eigenvalue weighted by atomic mass is 16.3. The molecule has 2 aliphatic carbocycles. The summed E-state index contributed by atoms with van der Waals surface area (Å²) in [6, 6.07) is 15.4. The molecule has 1 heterocycles. The summed E-state index contributed by atoms with van der Waals surface area (Å²) in [7, 11) is 0. The van der Waals surface area contributed by atoms with Crippen LogP contribution in [0.15, 0.2) is 54.9 Å². The molecule has 0 unspecified atom stereocenters. The topological polar surface area (TPSA) is 45.1 Å². The number of hydrogen-bond acceptors (Lipinski definition) is 3. The van der Waals surface area contributed by atoms with Crippen LogP contribution >= 0.6 is 0 Å². The lowest BCUT2D eigenvalue weighted by molar-refractivity contribution is 0.0175. The van der Waals surface area contributed by atoms with E-state index in [-0.39, 0.29) is 11.5 Å². The molecule has 2 atom stereocenters. The quantitative estimate of drug-likeness (QED) is 0.891. The minimum atomic E-state index is -0.161. The van der Waals surface area contributed by atoms with Gasteiger partial charge >= 0.3 is 0 Å². The monoisotopic (exact) mass is 294 g/mol. The molecule has 0 aliphatic heterocycles. The van der Waals surface area contributed by atoms with Gasteiger partial charge in [0.2, 0.25) is 0 Å². The van der Waals surface area contributed by atoms with E-state index in [0.717, 1.165) is 19.4 Å². The highest BCUT2D eigenvalue weighted by Gasteiger charge is 2.47. The molecule has 3 heteroatoms. The normalized spacial score (nSPS) is 33.2. The van der Waals surface area contributed by atoms with E-state index < -0.39 is 0 Å². The van der Waals surface area contributed by atoms with E-state index in [0.29, 0.717) is 12.0 Å². The largest absolute Gasteiger partial charge is 0.393 e. The van der Waals surface area contributed by atoms with Crippen molar-refractivity contribution < 1.29 is 5.11 Å². The van der Waals surface area contributed by atoms with Crippen molar-refractivity contribution in [2.24, 2.45) is 0 Å². The number of rotatable bonds is 5. The number of pyridine rings is 1. The Kier molecular flexibility index (Phi) is 3.47. The first-order valence-corrected chi connectivity index (χ1v) is 8.14. The first-order valence-electron chi connectivity index (χ1n) is 8.14. The van der Waals surface area contributed by atoms with Crippen LogP contribution in [0.1, 0.15) is 36.3 Å². The first-order chi connectivity index (χ1) is 10.8. The maximum Gasteiger partial charge on any atom is 0.0558 e. The van der Waals surface area contributed by atoms with Gasteiger partial charge in [-0.25, -0.2) is 0 Å². The summed E-state index contributed by atoms with van der Waals surface area (Å²) in [5.74, 6) is 0.650. The molecule has 1 aromatic carbocycles. The van der Waals surface area contributed by atoms with Gasteiger partial charge in [-0.1, -0.05) is 36.4 Å². The molecule has 3 nitrogen and oxygen atoms in total. The fraction of sp³-hybridized carbons (Fsp3) is 0.421. The molecule has 0 amide bonds. The molecule has 1 aromatic heterocycles. The van der Waals surface area contributed by atoms with Crippen molar-refractivity contribution in [2.45, 2.75) is 42.7 Å². The van der Waals surface area contributed by atoms with E-state index in [4.69, 9.17) is 0 Å². The second-order valence-electron chi connectivity index (χ2n) is 6.82. The minimum Gasteiger partial charge on any atom is -0.393 e. The van der Waals surface area contributed by atoms with Crippen molar-refractivity contribution in [3.8, 4) is 0 Å². The van der Waals surface area contributed by atoms with Crippen LogP contribution in [0.2, 0.25) is 0 Å². The van der Waals surface area contributed by atoms with Crippen LogP contribution < -0.4 is 5.32 Å². The average molecular weight is 294 g/mol. The third kappa shape index (κ3) is 2.55. The van der Waals surface area contributed by atoms with E-state index in [9.17, 15) is 5.11 Å². The van der Waals surface area contributed by atoms with E-state index in [2.05, 4.69) is 46.7 Å². The molecule has 2 fully saturated rings. The fourth-order valence-corrected chi connectivity index (χ4v) is 3.82. The van der Waals surface area contributed by atoms with E-state index in [1.165, 1.54) is 17.5 Å². The van der Waals surface area contributed by atoms with Crippen molar-refractivity contribution >= 4 is 0 Å². The Morgan fingerprint density at radius 1 is 1.14 bits per heavy atom. The summed E-state index contributed by atoms with van der Waals surface area (Å²) in [5.41, 5.74) is 2.76. The Bertz CT molecular complexity index is 622. The van der Waals surface area contributed by atoms with Gasteiger partial charge in [-0.2, -0.15) is 0 Å². The van der Waals surface area contributed by atoms with Crippen LogP contribution in [0.25, 0.3) is 0 Å². The minimum absolute atomic E-state index is 0.0670. The second-order valence-corrected chi connectivity index (χ2v) is 6.82. The lowest BCUT2D eigenvalue weighted by atomic mass is 9.63. The molecule has 2 aromatic rings. The molecule has 0 saturated heterocycles. The van der Waals surface area contributed by atoms with E-state index >= 15 is 0 Å². The number of aliphatic hydroxyl groups excluding tert-OH is 1. The smallest absolute Gasteiger partial charge is 0.0558 e. The van der Waals surface area contributed by atoms with Gasteiger partial charge in [0.1, 0.15) is 0 Å². The number of nitrogens with zero attached hydrogens (tertiary/aromatic N) is 1. The van der Waals surface area contributed by atoms with Gasteiger partial charge in [0.25, 0.3) is 0 Å². The van der Waals surface area contributed by atoms with Crippen LogP contribution in [0.5, 0.6) is 0 Å². The number of hydrogen-bond donors (Lipinski definition) is 2. The van der Waals surface area contributed by atoms with Crippen LogP contribution in [-0.4, -0.2) is 28.8 Å². The number of benzene rings is 1. The summed E-state index contributed by atoms with van der Waals surface area (Å²) < 4.78 is 0. The van der Waals surface area contributed by atoms with Crippen LogP contribution in [0, 0.1) is 0 Å². The standard InChI is InChI=1S/C19H22N2O/c22-16-10-19(11-16,15-7-4-8-20-12-15)13-21-18-9-17(18)14-5-2-1-3-6-14/h1-8,12,16-18,21-22H,9-11,13H2/t16?,17-,18+,19?/m1/s1. The third-order valence-corrected chi connectivity index (χ3v) is 5.25. The average Bonchev–Trinajstić information content (AvgIpc) is 3.32. The predicted molar refractivity (Wildman–Crippen MR) is 86.7 cm³/mol. The summed E-state index contributed by atoms with van der Waals surface area (Å²) in [6.07, 6.45) is 6.51. The van der Waals surface area contributed by atoms with Gasteiger partial charge in [0, 0.05) is 36.3 Å². The highest BCUT2D eigenvalue weighted by Crippen LogP contribution is 2.45. The second kappa shape index (κ2) is 5.49. The maximum absolute atomic E-state index is 9.81. The van der Waals surface area contributed by atoms with Crippen molar-refractivity contribution in [1.82, 2.24) is 10.3 Å². The summed E-state index contributed by atoms with van der Waals surface area (Å²) in [6.45, 7) is 0.934. The number of aliphatic hydroxyl groups is 1. The Hall–Kier alpha value is -1.71. The van der Waals surface area contributed by atoms with Gasteiger partial charge in [-0.05, 0) is 36.5 Å². The van der Waals surface area contributed by atoms with Gasteiger partial charge in [0.05, 0.1) is 6.10 Å². The van der Waals surface area contributed by atoms with E-state index in [1.54, 1.807) is 0 Å². The lowest BCUT2D eigenvalue weighted by Crippen LogP contribution is -2.51. The zero-order chi connectivity index (χ0) is 15.0. The highest BCUT2D eigenvalue weighted by molar-refractivity contribution is 5.30. The van der Waals surface area contributed by atoms with Crippen LogP contribution in [0.3, 0.4) is 0 Å². The Labute approximate surface area is 131 Å². The third-order valence-electron chi connectivity index (χ3n) is 5.25.